The number of nitrogens with two attached hydrogens (primary N) is 1. The van der Waals surface area contributed by atoms with Crippen molar-refractivity contribution in [2.45, 2.75) is 88.9 Å². The quantitative estimate of drug-likeness (QED) is 0.755. The first-order valence-electron chi connectivity index (χ1n) is 8.83. The lowest BCUT2D eigenvalue weighted by Crippen LogP contribution is -2.62. The van der Waals surface area contributed by atoms with Crippen LogP contribution in [0.5, 0.6) is 0 Å². The zero-order valence-corrected chi connectivity index (χ0v) is 13.6. The van der Waals surface area contributed by atoms with E-state index in [1.807, 2.05) is 0 Å². The van der Waals surface area contributed by atoms with Crippen LogP contribution in [-0.4, -0.2) is 41.0 Å². The minimum absolute atomic E-state index is 0.130. The van der Waals surface area contributed by atoms with Gasteiger partial charge in [0.15, 0.2) is 0 Å². The van der Waals surface area contributed by atoms with Crippen molar-refractivity contribution in [1.29, 1.82) is 0 Å². The lowest BCUT2D eigenvalue weighted by Gasteiger charge is -2.45. The topological polar surface area (TPSA) is 58.4 Å². The van der Waals surface area contributed by atoms with E-state index in [9.17, 15) is 4.79 Å². The first kappa shape index (κ1) is 15.3. The Morgan fingerprint density at radius 2 is 2.00 bits per heavy atom. The molecule has 21 heavy (non-hydrogen) atoms. The second-order valence-electron chi connectivity index (χ2n) is 7.85. The molecule has 1 amide bonds. The summed E-state index contributed by atoms with van der Waals surface area (Å²) < 4.78 is 0. The molecule has 3 fully saturated rings. The zero-order valence-electron chi connectivity index (χ0n) is 13.6. The molecule has 3 aliphatic rings. The fourth-order valence-corrected chi connectivity index (χ4v) is 3.95. The highest BCUT2D eigenvalue weighted by molar-refractivity contribution is 5.85. The maximum Gasteiger partial charge on any atom is 0.237 e. The van der Waals surface area contributed by atoms with Crippen LogP contribution in [0, 0.1) is 5.92 Å². The van der Waals surface area contributed by atoms with E-state index in [-0.39, 0.29) is 5.91 Å². The normalized spacial score (nSPS) is 33.6. The molecule has 0 aromatic heterocycles. The molecule has 4 heteroatoms. The number of carbonyl (C=O) groups is 1. The van der Waals surface area contributed by atoms with E-state index < -0.39 is 5.54 Å². The van der Waals surface area contributed by atoms with Crippen molar-refractivity contribution in [3.63, 3.8) is 0 Å². The van der Waals surface area contributed by atoms with Gasteiger partial charge in [-0.3, -0.25) is 9.69 Å². The predicted molar refractivity (Wildman–Crippen MR) is 84.9 cm³/mol. The fraction of sp³-hybridized carbons (Fsp3) is 0.941. The molecular formula is C17H31N3O. The molecule has 2 unspecified atom stereocenters. The average Bonchev–Trinajstić information content (AvgIpc) is 3.31. The fourth-order valence-electron chi connectivity index (χ4n) is 3.95. The molecule has 4 nitrogen and oxygen atoms in total. The summed E-state index contributed by atoms with van der Waals surface area (Å²) in [5.41, 5.74) is 5.37. The minimum atomic E-state index is -0.444. The van der Waals surface area contributed by atoms with Gasteiger partial charge in [-0.05, 0) is 71.1 Å². The van der Waals surface area contributed by atoms with Crippen molar-refractivity contribution in [1.82, 2.24) is 10.2 Å². The Hall–Kier alpha value is -0.610. The molecule has 3 saturated carbocycles. The highest BCUT2D eigenvalue weighted by atomic mass is 16.1. The SMILES string of the molecule is CC(C)N(CC1CC1)C1CCCC(NC2CC2)(C(N)=O)C1. The Morgan fingerprint density at radius 1 is 1.29 bits per heavy atom. The Bertz CT molecular complexity index is 389. The Morgan fingerprint density at radius 3 is 2.52 bits per heavy atom. The summed E-state index contributed by atoms with van der Waals surface area (Å²) in [7, 11) is 0. The zero-order chi connectivity index (χ0) is 15.0. The summed E-state index contributed by atoms with van der Waals surface area (Å²) in [4.78, 5) is 14.8. The van der Waals surface area contributed by atoms with Gasteiger partial charge in [0, 0.05) is 24.7 Å². The largest absolute Gasteiger partial charge is 0.368 e. The molecular weight excluding hydrogens is 262 g/mol. The lowest BCUT2D eigenvalue weighted by atomic mass is 9.77. The molecule has 0 aromatic carbocycles. The van der Waals surface area contributed by atoms with E-state index in [4.69, 9.17) is 5.73 Å². The molecule has 2 atom stereocenters. The van der Waals surface area contributed by atoms with Gasteiger partial charge < -0.3 is 11.1 Å². The molecule has 0 spiro atoms. The van der Waals surface area contributed by atoms with E-state index in [2.05, 4.69) is 24.1 Å². The van der Waals surface area contributed by atoms with Crippen LogP contribution in [0.15, 0.2) is 0 Å². The summed E-state index contributed by atoms with van der Waals surface area (Å²) >= 11 is 0. The Labute approximate surface area is 128 Å². The third-order valence-corrected chi connectivity index (χ3v) is 5.55. The Balaban J connectivity index is 1.70. The molecule has 0 aromatic rings. The van der Waals surface area contributed by atoms with Crippen LogP contribution in [0.3, 0.4) is 0 Å². The molecule has 3 N–H and O–H groups in total. The molecule has 3 rings (SSSR count). The molecule has 120 valence electrons. The number of rotatable bonds is 7. The number of carbonyl (C=O) groups excluding carboxylic acids is 1. The highest BCUT2D eigenvalue weighted by Gasteiger charge is 2.46. The van der Waals surface area contributed by atoms with Crippen molar-refractivity contribution < 1.29 is 4.79 Å². The lowest BCUT2D eigenvalue weighted by molar-refractivity contribution is -0.127. The van der Waals surface area contributed by atoms with E-state index in [1.54, 1.807) is 0 Å². The van der Waals surface area contributed by atoms with Gasteiger partial charge in [0.25, 0.3) is 0 Å². The number of amides is 1. The summed E-state index contributed by atoms with van der Waals surface area (Å²) in [6.07, 6.45) is 9.34. The van der Waals surface area contributed by atoms with Crippen molar-refractivity contribution in [2.24, 2.45) is 11.7 Å². The van der Waals surface area contributed by atoms with Crippen LogP contribution in [-0.2, 0) is 4.79 Å². The van der Waals surface area contributed by atoms with E-state index in [0.717, 1.165) is 25.2 Å². The molecule has 0 aliphatic heterocycles. The van der Waals surface area contributed by atoms with E-state index in [0.29, 0.717) is 18.1 Å². The molecule has 0 saturated heterocycles. The van der Waals surface area contributed by atoms with Crippen LogP contribution in [0.4, 0.5) is 0 Å². The second kappa shape index (κ2) is 5.88. The van der Waals surface area contributed by atoms with Gasteiger partial charge in [0.1, 0.15) is 0 Å². The van der Waals surface area contributed by atoms with Crippen molar-refractivity contribution >= 4 is 5.91 Å². The summed E-state index contributed by atoms with van der Waals surface area (Å²) in [6.45, 7) is 5.79. The number of hydrogen-bond donors (Lipinski definition) is 2. The standard InChI is InChI=1S/C17H31N3O/c1-12(2)20(11-13-5-6-13)15-4-3-9-17(10-15,16(18)21)19-14-7-8-14/h12-15,19H,3-11H2,1-2H3,(H2,18,21). The van der Waals surface area contributed by atoms with Crippen LogP contribution in [0.25, 0.3) is 0 Å². The van der Waals surface area contributed by atoms with Gasteiger partial charge >= 0.3 is 0 Å². The number of primary amides is 1. The summed E-state index contributed by atoms with van der Waals surface area (Å²) in [5, 5.41) is 3.60. The van der Waals surface area contributed by atoms with Gasteiger partial charge in [0.2, 0.25) is 5.91 Å². The summed E-state index contributed by atoms with van der Waals surface area (Å²) in [5.74, 6) is 0.767. The maximum atomic E-state index is 12.2. The molecule has 0 bridgehead atoms. The smallest absolute Gasteiger partial charge is 0.237 e. The van der Waals surface area contributed by atoms with Gasteiger partial charge in [0.05, 0.1) is 5.54 Å². The second-order valence-corrected chi connectivity index (χ2v) is 7.85. The third kappa shape index (κ3) is 3.59. The average molecular weight is 293 g/mol. The van der Waals surface area contributed by atoms with Gasteiger partial charge in [-0.2, -0.15) is 0 Å². The van der Waals surface area contributed by atoms with Gasteiger partial charge in [-0.25, -0.2) is 0 Å². The number of nitrogens with one attached hydrogen (secondary N) is 1. The molecule has 0 heterocycles. The van der Waals surface area contributed by atoms with Crippen LogP contribution in [0.2, 0.25) is 0 Å². The molecule has 3 aliphatic carbocycles. The minimum Gasteiger partial charge on any atom is -0.368 e. The monoisotopic (exact) mass is 293 g/mol. The number of hydrogen-bond acceptors (Lipinski definition) is 3. The first-order valence-corrected chi connectivity index (χ1v) is 8.83. The van der Waals surface area contributed by atoms with Gasteiger partial charge in [-0.1, -0.05) is 0 Å². The maximum absolute atomic E-state index is 12.2. The van der Waals surface area contributed by atoms with E-state index >= 15 is 0 Å². The van der Waals surface area contributed by atoms with Crippen LogP contribution in [0.1, 0.15) is 65.2 Å². The molecule has 0 radical (unpaired) electrons. The number of nitrogens with zero attached hydrogens (tertiary/aromatic N) is 1. The van der Waals surface area contributed by atoms with Crippen molar-refractivity contribution in [2.75, 3.05) is 6.54 Å². The van der Waals surface area contributed by atoms with Crippen LogP contribution >= 0.6 is 0 Å². The Kier molecular flexibility index (Phi) is 4.28. The van der Waals surface area contributed by atoms with E-state index in [1.165, 1.54) is 38.6 Å². The summed E-state index contributed by atoms with van der Waals surface area (Å²) in [6, 6.07) is 1.60. The van der Waals surface area contributed by atoms with Crippen LogP contribution < -0.4 is 11.1 Å². The predicted octanol–water partition coefficient (Wildman–Crippen LogP) is 2.03. The van der Waals surface area contributed by atoms with Gasteiger partial charge in [-0.15, -0.1) is 0 Å². The first-order chi connectivity index (χ1) is 10.00. The highest BCUT2D eigenvalue weighted by Crippen LogP contribution is 2.37. The van der Waals surface area contributed by atoms with Crippen molar-refractivity contribution in [3.8, 4) is 0 Å². The van der Waals surface area contributed by atoms with Crippen molar-refractivity contribution in [3.05, 3.63) is 0 Å². The third-order valence-electron chi connectivity index (χ3n) is 5.55.